The van der Waals surface area contributed by atoms with Crippen molar-refractivity contribution in [3.05, 3.63) is 7.43 Å². The zero-order valence-corrected chi connectivity index (χ0v) is 6.09. The van der Waals surface area contributed by atoms with Crippen LogP contribution in [0.2, 0.25) is 0 Å². The van der Waals surface area contributed by atoms with Crippen molar-refractivity contribution in [1.29, 1.82) is 0 Å². The summed E-state index contributed by atoms with van der Waals surface area (Å²) in [5.74, 6) is 0. The van der Waals surface area contributed by atoms with E-state index in [2.05, 4.69) is 0 Å². The van der Waals surface area contributed by atoms with Gasteiger partial charge in [0.05, 0.1) is 0 Å². The van der Waals surface area contributed by atoms with E-state index in [1.165, 1.54) is 0 Å². The Morgan fingerprint density at radius 3 is 0.500 bits per heavy atom. The molecule has 7 heteroatoms. The third kappa shape index (κ3) is 316. The molecule has 0 bridgehead atoms. The molecule has 4 N–H and O–H groups in total. The van der Waals surface area contributed by atoms with Crippen molar-refractivity contribution in [2.75, 3.05) is 0 Å². The molecule has 0 heterocycles. The SMILES string of the molecule is O.O.[C].[Cr+3].[Cr+3].[O-2].[O-2].[O-2]. The molecule has 0 amide bonds. The van der Waals surface area contributed by atoms with Gasteiger partial charge < -0.3 is 27.4 Å². The fourth-order valence-electron chi connectivity index (χ4n) is 0. The van der Waals surface area contributed by atoms with Gasteiger partial charge in [-0.15, -0.1) is 0 Å². The monoisotopic (exact) mass is 200 g/mol. The van der Waals surface area contributed by atoms with Crippen LogP contribution in [0, 0.1) is 7.43 Å². The largest absolute Gasteiger partial charge is 3.00 e. The van der Waals surface area contributed by atoms with Crippen LogP contribution in [-0.4, -0.2) is 11.0 Å². The van der Waals surface area contributed by atoms with Crippen molar-refractivity contribution in [2.24, 2.45) is 0 Å². The summed E-state index contributed by atoms with van der Waals surface area (Å²) in [6.07, 6.45) is 0. The Hall–Kier alpha value is 0.865. The van der Waals surface area contributed by atoms with Crippen molar-refractivity contribution in [2.45, 2.75) is 0 Å². The Morgan fingerprint density at radius 2 is 0.500 bits per heavy atom. The van der Waals surface area contributed by atoms with E-state index in [-0.39, 0.29) is 69.5 Å². The minimum Gasteiger partial charge on any atom is -2.00 e. The van der Waals surface area contributed by atoms with Crippen molar-refractivity contribution < 1.29 is 62.1 Å². The molecule has 0 saturated carbocycles. The molecule has 0 unspecified atom stereocenters. The van der Waals surface area contributed by atoms with Gasteiger partial charge in [0.15, 0.2) is 0 Å². The van der Waals surface area contributed by atoms with Crippen LogP contribution in [0.1, 0.15) is 0 Å². The Labute approximate surface area is 69.9 Å². The van der Waals surface area contributed by atoms with Gasteiger partial charge in [-0.25, -0.2) is 0 Å². The van der Waals surface area contributed by atoms with Crippen LogP contribution < -0.4 is 0 Å². The minimum atomic E-state index is 0. The van der Waals surface area contributed by atoms with E-state index in [1.54, 1.807) is 0 Å². The molecule has 0 aromatic rings. The molecule has 50 valence electrons. The van der Waals surface area contributed by atoms with E-state index in [4.69, 9.17) is 0 Å². The maximum Gasteiger partial charge on any atom is 3.00 e. The first kappa shape index (κ1) is 733. The van der Waals surface area contributed by atoms with E-state index in [1.807, 2.05) is 0 Å². The van der Waals surface area contributed by atoms with Gasteiger partial charge in [-0.3, -0.25) is 0 Å². The van der Waals surface area contributed by atoms with Gasteiger partial charge in [0.2, 0.25) is 0 Å². The molecular formula is CH4Cr2O5. The Morgan fingerprint density at radius 1 is 0.500 bits per heavy atom. The number of rotatable bonds is 0. The second-order valence-electron chi connectivity index (χ2n) is 0. The molecule has 0 spiro atoms. The standard InChI is InChI=1S/C.2Cr.2H2O.3O/h;;;2*1H2;;;/q;2*+3;;;3*-2. The molecule has 5 nitrogen and oxygen atoms in total. The maximum absolute atomic E-state index is 0. The predicted octanol–water partition coefficient (Wildman–Crippen LogP) is -1.93. The summed E-state index contributed by atoms with van der Waals surface area (Å²) in [6.45, 7) is 0. The summed E-state index contributed by atoms with van der Waals surface area (Å²) in [6, 6.07) is 0. The van der Waals surface area contributed by atoms with Gasteiger partial charge in [-0.05, 0) is 0 Å². The molecule has 0 rings (SSSR count). The maximum atomic E-state index is 0. The van der Waals surface area contributed by atoms with Crippen molar-refractivity contribution in [1.82, 2.24) is 0 Å². The topological polar surface area (TPSA) is 148 Å². The third-order valence-corrected chi connectivity index (χ3v) is 0. The molecule has 0 aliphatic rings. The van der Waals surface area contributed by atoms with E-state index in [0.717, 1.165) is 0 Å². The van der Waals surface area contributed by atoms with Crippen LogP contribution in [0.3, 0.4) is 0 Å². The molecule has 0 aromatic heterocycles. The van der Waals surface area contributed by atoms with Gasteiger partial charge in [-0.2, -0.15) is 0 Å². The van der Waals surface area contributed by atoms with Gasteiger partial charge in [-0.1, -0.05) is 0 Å². The van der Waals surface area contributed by atoms with Gasteiger partial charge in [0, 0.05) is 7.43 Å². The predicted molar refractivity (Wildman–Crippen MR) is 12.5 cm³/mol. The van der Waals surface area contributed by atoms with E-state index in [0.29, 0.717) is 0 Å². The first-order chi connectivity index (χ1) is 0. The molecule has 0 aromatic carbocycles. The van der Waals surface area contributed by atoms with E-state index in [9.17, 15) is 0 Å². The quantitative estimate of drug-likeness (QED) is 0.428. The smallest absolute Gasteiger partial charge is 2.00 e. The molecule has 0 aliphatic heterocycles. The fraction of sp³-hybridized carbons (Fsp3) is 0. The van der Waals surface area contributed by atoms with Gasteiger partial charge in [0.25, 0.3) is 0 Å². The molecule has 6 radical (unpaired) electrons. The summed E-state index contributed by atoms with van der Waals surface area (Å²) in [5.41, 5.74) is 0. The summed E-state index contributed by atoms with van der Waals surface area (Å²) in [5, 5.41) is 0. The van der Waals surface area contributed by atoms with Crippen LogP contribution in [0.4, 0.5) is 0 Å². The van der Waals surface area contributed by atoms with Crippen molar-refractivity contribution in [3.8, 4) is 0 Å². The molecule has 8 heavy (non-hydrogen) atoms. The summed E-state index contributed by atoms with van der Waals surface area (Å²) in [4.78, 5) is 0. The fourth-order valence-corrected chi connectivity index (χ4v) is 0. The second-order valence-corrected chi connectivity index (χ2v) is 0. The average Bonchev–Trinajstić information content (AvgIpc) is 0. The second kappa shape index (κ2) is 495. The minimum absolute atomic E-state index is 0. The first-order valence-corrected chi connectivity index (χ1v) is 0. The van der Waals surface area contributed by atoms with Crippen LogP contribution in [0.25, 0.3) is 0 Å². The summed E-state index contributed by atoms with van der Waals surface area (Å²) < 4.78 is 0. The summed E-state index contributed by atoms with van der Waals surface area (Å²) in [7, 11) is 0. The molecule has 0 saturated heterocycles. The average molecular weight is 200 g/mol. The number of hydrogen-bond acceptors (Lipinski definition) is 0. The van der Waals surface area contributed by atoms with Crippen molar-refractivity contribution >= 4 is 0 Å². The number of hydrogen-bond donors (Lipinski definition) is 0. The van der Waals surface area contributed by atoms with Crippen LogP contribution in [0.15, 0.2) is 0 Å². The molecule has 0 aliphatic carbocycles. The summed E-state index contributed by atoms with van der Waals surface area (Å²) >= 11 is 0. The van der Waals surface area contributed by atoms with E-state index < -0.39 is 0 Å². The van der Waals surface area contributed by atoms with Crippen LogP contribution in [-0.2, 0) is 51.2 Å². The molecule has 0 atom stereocenters. The molecule has 0 fully saturated rings. The Balaban J connectivity index is 0. The zero-order chi connectivity index (χ0) is 0. The van der Waals surface area contributed by atoms with Crippen LogP contribution in [0.5, 0.6) is 0 Å². The Kier molecular flexibility index (Phi) is 45400. The van der Waals surface area contributed by atoms with Gasteiger partial charge >= 0.3 is 34.7 Å². The van der Waals surface area contributed by atoms with Gasteiger partial charge in [0.1, 0.15) is 0 Å². The van der Waals surface area contributed by atoms with E-state index >= 15 is 0 Å². The van der Waals surface area contributed by atoms with Crippen LogP contribution >= 0.6 is 0 Å². The third-order valence-electron chi connectivity index (χ3n) is 0. The normalized spacial score (nSPS) is 0. The zero-order valence-electron chi connectivity index (χ0n) is 3.54. The Bertz CT molecular complexity index is 10.4. The molecular weight excluding hydrogens is 196 g/mol. The van der Waals surface area contributed by atoms with Crippen molar-refractivity contribution in [3.63, 3.8) is 0 Å². The first-order valence-electron chi connectivity index (χ1n) is 0.